The Bertz CT molecular complexity index is 778. The van der Waals surface area contributed by atoms with Crippen LogP contribution in [0.5, 0.6) is 0 Å². The number of rotatable bonds is 2. The quantitative estimate of drug-likeness (QED) is 0.606. The summed E-state index contributed by atoms with van der Waals surface area (Å²) in [5, 5.41) is 1.42. The standard InChI is InChI=1S/C10H10N.C8H9.2ClH.Zr/c1-7-4-3-5-9-10(7)8(2)6-11-9;1-7(2)8-5-3-4-6-8;;;/h3-5,11H,1-2H3;3-5H,1-2H3;2*1H;/q;;;;+2/p-2. The van der Waals surface area contributed by atoms with Crippen LogP contribution in [0.1, 0.15) is 25.0 Å². The van der Waals surface area contributed by atoms with Gasteiger partial charge in [-0.25, -0.2) is 0 Å². The third kappa shape index (κ3) is 3.50. The van der Waals surface area contributed by atoms with Gasteiger partial charge in [-0.05, 0) is 0 Å². The number of benzene rings is 1. The molecular formula is C18H19Cl2NZr. The van der Waals surface area contributed by atoms with Crippen molar-refractivity contribution in [2.75, 3.05) is 0 Å². The van der Waals surface area contributed by atoms with E-state index in [2.05, 4.69) is 69.1 Å². The molecule has 2 aromatic rings. The summed E-state index contributed by atoms with van der Waals surface area (Å²) in [7, 11) is 0. The fourth-order valence-electron chi connectivity index (χ4n) is 2.85. The summed E-state index contributed by atoms with van der Waals surface area (Å²) in [5.41, 5.74) is 7.03. The maximum Gasteiger partial charge on any atom is -1.00 e. The predicted molar refractivity (Wildman–Crippen MR) is 83.0 cm³/mol. The van der Waals surface area contributed by atoms with E-state index in [1.807, 2.05) is 0 Å². The average molecular weight is 411 g/mol. The van der Waals surface area contributed by atoms with E-state index in [0.29, 0.717) is 0 Å². The summed E-state index contributed by atoms with van der Waals surface area (Å²) in [6.07, 6.45) is 6.77. The summed E-state index contributed by atoms with van der Waals surface area (Å²) in [6.45, 7) is 8.89. The van der Waals surface area contributed by atoms with E-state index in [9.17, 15) is 0 Å². The zero-order valence-corrected chi connectivity index (χ0v) is 17.2. The van der Waals surface area contributed by atoms with Crippen LogP contribution in [-0.2, 0) is 23.2 Å². The smallest absolute Gasteiger partial charge is 1.00 e. The van der Waals surface area contributed by atoms with Gasteiger partial charge < -0.3 is 24.8 Å². The molecule has 3 rings (SSSR count). The molecule has 114 valence electrons. The number of fused-ring (bicyclic) bond motifs is 1. The average Bonchev–Trinajstić information content (AvgIpc) is 2.97. The van der Waals surface area contributed by atoms with Gasteiger partial charge in [-0.2, -0.15) is 0 Å². The Morgan fingerprint density at radius 2 is 1.82 bits per heavy atom. The Balaban J connectivity index is 0.00000121. The van der Waals surface area contributed by atoms with Crippen LogP contribution in [0, 0.1) is 13.8 Å². The van der Waals surface area contributed by atoms with Crippen molar-refractivity contribution >= 4 is 14.3 Å². The van der Waals surface area contributed by atoms with E-state index >= 15 is 0 Å². The number of allylic oxidation sites excluding steroid dienone is 6. The minimum absolute atomic E-state index is 0. The van der Waals surface area contributed by atoms with Crippen LogP contribution in [0.15, 0.2) is 50.9 Å². The molecule has 0 aliphatic heterocycles. The first-order chi connectivity index (χ1) is 9.58. The zero-order valence-electron chi connectivity index (χ0n) is 13.2. The Kier molecular flexibility index (Phi) is 6.92. The molecule has 0 bridgehead atoms. The molecule has 1 heterocycles. The van der Waals surface area contributed by atoms with E-state index in [-0.39, 0.29) is 24.8 Å². The van der Waals surface area contributed by atoms with Gasteiger partial charge in [0.1, 0.15) is 0 Å². The topological polar surface area (TPSA) is 15.8 Å². The van der Waals surface area contributed by atoms with Crippen LogP contribution in [0.4, 0.5) is 0 Å². The number of halogens is 2. The summed E-state index contributed by atoms with van der Waals surface area (Å²) < 4.78 is 3.09. The second-order valence-corrected chi connectivity index (χ2v) is 8.77. The van der Waals surface area contributed by atoms with Crippen LogP contribution in [0.25, 0.3) is 10.9 Å². The van der Waals surface area contributed by atoms with Crippen molar-refractivity contribution in [1.29, 1.82) is 0 Å². The largest absolute Gasteiger partial charge is 1.00 e. The van der Waals surface area contributed by atoms with Crippen molar-refractivity contribution in [2.45, 2.75) is 27.7 Å². The number of aryl methyl sites for hydroxylation is 2. The molecule has 0 unspecified atom stereocenters. The number of hydrogen-bond donors (Lipinski definition) is 1. The molecular weight excluding hydrogens is 392 g/mol. The van der Waals surface area contributed by atoms with Crippen LogP contribution in [0.2, 0.25) is 0 Å². The van der Waals surface area contributed by atoms with Gasteiger partial charge in [-0.15, -0.1) is 0 Å². The molecule has 0 saturated heterocycles. The molecule has 0 fully saturated rings. The molecule has 0 saturated carbocycles. The summed E-state index contributed by atoms with van der Waals surface area (Å²) in [4.78, 5) is 3.68. The maximum atomic E-state index is 3.68. The second kappa shape index (κ2) is 7.82. The summed E-state index contributed by atoms with van der Waals surface area (Å²) in [5.74, 6) is 0. The maximum absolute atomic E-state index is 3.68. The third-order valence-corrected chi connectivity index (χ3v) is 7.47. The second-order valence-electron chi connectivity index (χ2n) is 5.60. The first-order valence-electron chi connectivity index (χ1n) is 6.99. The minimum atomic E-state index is -0.763. The first kappa shape index (κ1) is 19.5. The van der Waals surface area contributed by atoms with Gasteiger partial charge in [0.2, 0.25) is 0 Å². The SMILES string of the molecule is CC(C)=C1C=CC=[C]1[Zr+2][c]1[nH]c2cccc(C)c2c1C.[Cl-].[Cl-]. The van der Waals surface area contributed by atoms with Crippen molar-refractivity contribution in [2.24, 2.45) is 0 Å². The van der Waals surface area contributed by atoms with E-state index in [0.717, 1.165) is 0 Å². The molecule has 1 N–H and O–H groups in total. The molecule has 0 amide bonds. The van der Waals surface area contributed by atoms with Crippen LogP contribution < -0.4 is 28.2 Å². The number of aromatic amines is 1. The van der Waals surface area contributed by atoms with E-state index in [1.54, 1.807) is 3.28 Å². The van der Waals surface area contributed by atoms with Crippen LogP contribution >= 0.6 is 0 Å². The molecule has 1 nitrogen and oxygen atoms in total. The molecule has 1 aromatic carbocycles. The van der Waals surface area contributed by atoms with Gasteiger partial charge >= 0.3 is 132 Å². The van der Waals surface area contributed by atoms with Crippen molar-refractivity contribution < 1.29 is 48.0 Å². The normalized spacial score (nSPS) is 12.5. The zero-order chi connectivity index (χ0) is 14.3. The monoisotopic (exact) mass is 409 g/mol. The van der Waals surface area contributed by atoms with Crippen molar-refractivity contribution in [1.82, 2.24) is 4.98 Å². The Hall–Kier alpha value is -0.557. The molecule has 1 aromatic heterocycles. The Morgan fingerprint density at radius 3 is 2.45 bits per heavy atom. The van der Waals surface area contributed by atoms with Gasteiger partial charge in [0.15, 0.2) is 0 Å². The fourth-order valence-corrected chi connectivity index (χ4v) is 6.35. The molecule has 0 spiro atoms. The van der Waals surface area contributed by atoms with Gasteiger partial charge in [0.25, 0.3) is 0 Å². The van der Waals surface area contributed by atoms with Crippen molar-refractivity contribution in [3.63, 3.8) is 0 Å². The van der Waals surface area contributed by atoms with Crippen molar-refractivity contribution in [3.8, 4) is 0 Å². The van der Waals surface area contributed by atoms with Gasteiger partial charge in [-0.1, -0.05) is 0 Å². The van der Waals surface area contributed by atoms with Crippen LogP contribution in [0.3, 0.4) is 0 Å². The first-order valence-corrected chi connectivity index (χ1v) is 9.45. The predicted octanol–water partition coefficient (Wildman–Crippen LogP) is -1.71. The Morgan fingerprint density at radius 1 is 1.09 bits per heavy atom. The number of nitrogens with one attached hydrogen (secondary N) is 1. The molecule has 0 radical (unpaired) electrons. The number of H-pyrrole nitrogens is 1. The summed E-state index contributed by atoms with van der Waals surface area (Å²) >= 11 is -0.763. The molecule has 0 atom stereocenters. The third-order valence-electron chi connectivity index (χ3n) is 3.90. The molecule has 22 heavy (non-hydrogen) atoms. The van der Waals surface area contributed by atoms with Crippen molar-refractivity contribution in [3.05, 3.63) is 62.0 Å². The van der Waals surface area contributed by atoms with E-state index < -0.39 is 23.2 Å². The van der Waals surface area contributed by atoms with E-state index in [4.69, 9.17) is 0 Å². The fraction of sp³-hybridized carbons (Fsp3) is 0.222. The number of aromatic nitrogens is 1. The minimum Gasteiger partial charge on any atom is -1.00 e. The van der Waals surface area contributed by atoms with E-state index in [1.165, 1.54) is 36.6 Å². The molecule has 1 aliphatic carbocycles. The van der Waals surface area contributed by atoms with Crippen LogP contribution in [-0.4, -0.2) is 4.98 Å². The number of hydrogen-bond acceptors (Lipinski definition) is 0. The Labute approximate surface area is 156 Å². The van der Waals surface area contributed by atoms with Gasteiger partial charge in [0, 0.05) is 0 Å². The summed E-state index contributed by atoms with van der Waals surface area (Å²) in [6, 6.07) is 6.54. The molecule has 4 heteroatoms. The molecule has 1 aliphatic rings. The van der Waals surface area contributed by atoms with Gasteiger partial charge in [-0.3, -0.25) is 0 Å². The van der Waals surface area contributed by atoms with Gasteiger partial charge in [0.05, 0.1) is 0 Å².